The van der Waals surface area contributed by atoms with Crippen LogP contribution in [0.2, 0.25) is 5.02 Å². The minimum absolute atomic E-state index is 0.0646. The Morgan fingerprint density at radius 3 is 2.61 bits per heavy atom. The van der Waals surface area contributed by atoms with Gasteiger partial charge in [0.05, 0.1) is 10.6 Å². The number of hydrogen-bond donors (Lipinski definition) is 1. The van der Waals surface area contributed by atoms with E-state index in [1.165, 1.54) is 0 Å². The maximum absolute atomic E-state index is 12.3. The largest absolute Gasteiger partial charge is 0.341 e. The van der Waals surface area contributed by atoms with Gasteiger partial charge < -0.3 is 10.6 Å². The van der Waals surface area contributed by atoms with E-state index in [-0.39, 0.29) is 11.3 Å². The van der Waals surface area contributed by atoms with Crippen molar-refractivity contribution in [2.75, 3.05) is 20.1 Å². The van der Waals surface area contributed by atoms with Gasteiger partial charge in [-0.15, -0.1) is 0 Å². The fourth-order valence-electron chi connectivity index (χ4n) is 1.80. The van der Waals surface area contributed by atoms with Crippen molar-refractivity contribution in [2.45, 2.75) is 20.8 Å². The first kappa shape index (κ1) is 15.0. The van der Waals surface area contributed by atoms with Crippen LogP contribution in [-0.4, -0.2) is 30.9 Å². The van der Waals surface area contributed by atoms with E-state index in [1.54, 1.807) is 18.0 Å². The first-order chi connectivity index (χ1) is 8.28. The van der Waals surface area contributed by atoms with Gasteiger partial charge in [0, 0.05) is 13.6 Å². The fraction of sp³-hybridized carbons (Fsp3) is 0.500. The van der Waals surface area contributed by atoms with Gasteiger partial charge in [-0.25, -0.2) is 0 Å². The Morgan fingerprint density at radius 1 is 1.44 bits per heavy atom. The predicted molar refractivity (Wildman–Crippen MR) is 76.0 cm³/mol. The van der Waals surface area contributed by atoms with E-state index in [1.807, 2.05) is 32.9 Å². The molecule has 0 aromatic heterocycles. The van der Waals surface area contributed by atoms with Crippen molar-refractivity contribution < 1.29 is 4.79 Å². The molecule has 4 heteroatoms. The molecule has 100 valence electrons. The summed E-state index contributed by atoms with van der Waals surface area (Å²) in [6, 6.07) is 5.49. The summed E-state index contributed by atoms with van der Waals surface area (Å²) in [5.74, 6) is -0.0646. The molecule has 0 saturated heterocycles. The molecule has 0 radical (unpaired) electrons. The van der Waals surface area contributed by atoms with E-state index < -0.39 is 0 Å². The third-order valence-corrected chi connectivity index (χ3v) is 3.49. The van der Waals surface area contributed by atoms with E-state index in [4.69, 9.17) is 17.3 Å². The molecule has 0 heterocycles. The summed E-state index contributed by atoms with van der Waals surface area (Å²) in [4.78, 5) is 14.0. The van der Waals surface area contributed by atoms with Crippen molar-refractivity contribution in [3.05, 3.63) is 34.3 Å². The molecule has 0 aliphatic carbocycles. The van der Waals surface area contributed by atoms with Crippen molar-refractivity contribution in [1.82, 2.24) is 4.90 Å². The molecule has 0 aliphatic rings. The van der Waals surface area contributed by atoms with Gasteiger partial charge in [-0.3, -0.25) is 4.79 Å². The Labute approximate surface area is 114 Å². The molecular weight excluding hydrogens is 248 g/mol. The fourth-order valence-corrected chi connectivity index (χ4v) is 2.00. The quantitative estimate of drug-likeness (QED) is 0.913. The second-order valence-corrected chi connectivity index (χ2v) is 5.84. The van der Waals surface area contributed by atoms with Gasteiger partial charge in [0.1, 0.15) is 0 Å². The monoisotopic (exact) mass is 268 g/mol. The number of hydrogen-bond acceptors (Lipinski definition) is 2. The lowest BCUT2D eigenvalue weighted by Crippen LogP contribution is -2.39. The summed E-state index contributed by atoms with van der Waals surface area (Å²) in [7, 11) is 1.78. The Hall–Kier alpha value is -1.06. The average Bonchev–Trinajstić information content (AvgIpc) is 2.31. The van der Waals surface area contributed by atoms with Gasteiger partial charge in [0.15, 0.2) is 0 Å². The Kier molecular flexibility index (Phi) is 4.77. The minimum atomic E-state index is -0.0965. The van der Waals surface area contributed by atoms with Gasteiger partial charge in [-0.2, -0.15) is 0 Å². The standard InChI is InChI=1S/C14H21ClN2O/c1-10-6-5-7-11(12(10)15)13(18)17(4)9-14(2,3)8-16/h5-7H,8-9,16H2,1-4H3. The molecule has 1 aromatic carbocycles. The van der Waals surface area contributed by atoms with Crippen molar-refractivity contribution in [3.8, 4) is 0 Å². The normalized spacial score (nSPS) is 11.4. The summed E-state index contributed by atoms with van der Waals surface area (Å²) in [6.45, 7) is 7.10. The molecule has 1 aromatic rings. The molecule has 18 heavy (non-hydrogen) atoms. The molecule has 0 fully saturated rings. The number of carbonyl (C=O) groups is 1. The van der Waals surface area contributed by atoms with Crippen molar-refractivity contribution in [3.63, 3.8) is 0 Å². The highest BCUT2D eigenvalue weighted by Crippen LogP contribution is 2.23. The summed E-state index contributed by atoms with van der Waals surface area (Å²) in [5, 5.41) is 0.528. The number of rotatable bonds is 4. The van der Waals surface area contributed by atoms with Crippen molar-refractivity contribution in [2.24, 2.45) is 11.1 Å². The van der Waals surface area contributed by atoms with Crippen LogP contribution in [0.3, 0.4) is 0 Å². The third-order valence-electron chi connectivity index (χ3n) is 2.99. The average molecular weight is 269 g/mol. The summed E-state index contributed by atoms with van der Waals surface area (Å²) >= 11 is 6.17. The topological polar surface area (TPSA) is 46.3 Å². The van der Waals surface area contributed by atoms with Crippen LogP contribution in [0.4, 0.5) is 0 Å². The summed E-state index contributed by atoms with van der Waals surface area (Å²) in [5.41, 5.74) is 7.05. The van der Waals surface area contributed by atoms with Crippen LogP contribution < -0.4 is 5.73 Å². The number of halogens is 1. The molecule has 0 aliphatic heterocycles. The van der Waals surface area contributed by atoms with Crippen LogP contribution in [0.1, 0.15) is 29.8 Å². The van der Waals surface area contributed by atoms with Gasteiger partial charge in [-0.1, -0.05) is 37.6 Å². The summed E-state index contributed by atoms with van der Waals surface area (Å²) in [6.07, 6.45) is 0. The highest BCUT2D eigenvalue weighted by atomic mass is 35.5. The number of amides is 1. The van der Waals surface area contributed by atoms with Gasteiger partial charge in [0.2, 0.25) is 0 Å². The number of nitrogens with zero attached hydrogens (tertiary/aromatic N) is 1. The lowest BCUT2D eigenvalue weighted by molar-refractivity contribution is 0.0740. The van der Waals surface area contributed by atoms with Crippen molar-refractivity contribution >= 4 is 17.5 Å². The number of carbonyl (C=O) groups excluding carboxylic acids is 1. The molecule has 2 N–H and O–H groups in total. The van der Waals surface area contributed by atoms with E-state index in [0.29, 0.717) is 23.7 Å². The molecule has 1 rings (SSSR count). The molecule has 0 unspecified atom stereocenters. The lowest BCUT2D eigenvalue weighted by Gasteiger charge is -2.29. The molecule has 0 bridgehead atoms. The zero-order valence-corrected chi connectivity index (χ0v) is 12.2. The molecule has 0 spiro atoms. The molecule has 0 saturated carbocycles. The lowest BCUT2D eigenvalue weighted by atomic mass is 9.93. The molecule has 3 nitrogen and oxygen atoms in total. The summed E-state index contributed by atoms with van der Waals surface area (Å²) < 4.78 is 0. The highest BCUT2D eigenvalue weighted by molar-refractivity contribution is 6.34. The third kappa shape index (κ3) is 3.47. The first-order valence-corrected chi connectivity index (χ1v) is 6.37. The maximum atomic E-state index is 12.3. The SMILES string of the molecule is Cc1cccc(C(=O)N(C)CC(C)(C)CN)c1Cl. The Bertz CT molecular complexity index is 443. The van der Waals surface area contributed by atoms with E-state index in [2.05, 4.69) is 0 Å². The van der Waals surface area contributed by atoms with Crippen LogP contribution in [0, 0.1) is 12.3 Å². The number of nitrogens with two attached hydrogens (primary N) is 1. The Morgan fingerprint density at radius 2 is 2.06 bits per heavy atom. The van der Waals surface area contributed by atoms with E-state index in [0.717, 1.165) is 5.56 Å². The minimum Gasteiger partial charge on any atom is -0.341 e. The Balaban J connectivity index is 2.91. The van der Waals surface area contributed by atoms with Crippen LogP contribution in [-0.2, 0) is 0 Å². The van der Waals surface area contributed by atoms with Crippen LogP contribution >= 0.6 is 11.6 Å². The predicted octanol–water partition coefficient (Wildman–Crippen LogP) is 2.71. The van der Waals surface area contributed by atoms with Crippen LogP contribution in [0.5, 0.6) is 0 Å². The molecular formula is C14H21ClN2O. The zero-order chi connectivity index (χ0) is 13.9. The number of benzene rings is 1. The van der Waals surface area contributed by atoms with Gasteiger partial charge >= 0.3 is 0 Å². The second-order valence-electron chi connectivity index (χ2n) is 5.47. The zero-order valence-electron chi connectivity index (χ0n) is 11.5. The first-order valence-electron chi connectivity index (χ1n) is 5.99. The maximum Gasteiger partial charge on any atom is 0.255 e. The van der Waals surface area contributed by atoms with E-state index >= 15 is 0 Å². The molecule has 1 amide bonds. The van der Waals surface area contributed by atoms with E-state index in [9.17, 15) is 4.79 Å². The highest BCUT2D eigenvalue weighted by Gasteiger charge is 2.23. The van der Waals surface area contributed by atoms with Crippen LogP contribution in [0.25, 0.3) is 0 Å². The molecule has 0 atom stereocenters. The smallest absolute Gasteiger partial charge is 0.255 e. The van der Waals surface area contributed by atoms with Crippen LogP contribution in [0.15, 0.2) is 18.2 Å². The number of aryl methyl sites for hydroxylation is 1. The van der Waals surface area contributed by atoms with Crippen molar-refractivity contribution in [1.29, 1.82) is 0 Å². The van der Waals surface area contributed by atoms with Gasteiger partial charge in [-0.05, 0) is 30.5 Å². The van der Waals surface area contributed by atoms with Gasteiger partial charge in [0.25, 0.3) is 5.91 Å². The second kappa shape index (κ2) is 5.72.